The molecule has 0 aliphatic rings. The Labute approximate surface area is 99.0 Å². The van der Waals surface area contributed by atoms with Crippen LogP contribution in [0.2, 0.25) is 0 Å². The highest BCUT2D eigenvalue weighted by atomic mass is 16.4. The summed E-state index contributed by atoms with van der Waals surface area (Å²) in [6.45, 7) is 9.14. The molecule has 0 saturated heterocycles. The number of carboxylic acid groups (broad SMARTS) is 1. The largest absolute Gasteiger partial charge is 0.480 e. The molecule has 0 aliphatic heterocycles. The molecular formula is C12H26N2O2. The quantitative estimate of drug-likeness (QED) is 0.664. The van der Waals surface area contributed by atoms with Crippen molar-refractivity contribution in [2.24, 2.45) is 0 Å². The molecule has 0 amide bonds. The van der Waals surface area contributed by atoms with E-state index in [1.165, 1.54) is 0 Å². The molecule has 0 bridgehead atoms. The van der Waals surface area contributed by atoms with Crippen molar-refractivity contribution in [1.29, 1.82) is 0 Å². The fourth-order valence-corrected chi connectivity index (χ4v) is 2.13. The third kappa shape index (κ3) is 4.10. The van der Waals surface area contributed by atoms with Crippen LogP contribution in [-0.2, 0) is 4.79 Å². The van der Waals surface area contributed by atoms with Crippen LogP contribution in [0.1, 0.15) is 40.5 Å². The van der Waals surface area contributed by atoms with Crippen molar-refractivity contribution in [3.8, 4) is 0 Å². The summed E-state index contributed by atoms with van der Waals surface area (Å²) >= 11 is 0. The molecule has 96 valence electrons. The number of nitrogens with zero attached hydrogens (tertiary/aromatic N) is 1. The second kappa shape index (κ2) is 6.86. The van der Waals surface area contributed by atoms with E-state index in [4.69, 9.17) is 0 Å². The van der Waals surface area contributed by atoms with Crippen LogP contribution in [0.25, 0.3) is 0 Å². The van der Waals surface area contributed by atoms with Crippen LogP contribution in [0.3, 0.4) is 0 Å². The highest BCUT2D eigenvalue weighted by Crippen LogP contribution is 2.12. The molecule has 4 nitrogen and oxygen atoms in total. The van der Waals surface area contributed by atoms with E-state index in [1.54, 1.807) is 6.92 Å². The Balaban J connectivity index is 4.56. The van der Waals surface area contributed by atoms with E-state index in [0.29, 0.717) is 19.1 Å². The van der Waals surface area contributed by atoms with Gasteiger partial charge in [-0.25, -0.2) is 0 Å². The van der Waals surface area contributed by atoms with Crippen molar-refractivity contribution in [2.75, 3.05) is 20.1 Å². The molecule has 0 aromatic carbocycles. The van der Waals surface area contributed by atoms with Crippen LogP contribution in [0.15, 0.2) is 0 Å². The van der Waals surface area contributed by atoms with Crippen LogP contribution >= 0.6 is 0 Å². The standard InChI is InChI=1S/C12H26N2O2/c1-6-10(7-2)14(5)9-12(4,11(15)16)13-8-3/h10,13H,6-9H2,1-5H3,(H,15,16). The van der Waals surface area contributed by atoms with Gasteiger partial charge >= 0.3 is 5.97 Å². The zero-order valence-electron chi connectivity index (χ0n) is 11.2. The van der Waals surface area contributed by atoms with Crippen molar-refractivity contribution in [2.45, 2.75) is 52.1 Å². The van der Waals surface area contributed by atoms with Gasteiger partial charge in [0.25, 0.3) is 0 Å². The first-order valence-electron chi connectivity index (χ1n) is 6.09. The second-order valence-corrected chi connectivity index (χ2v) is 4.55. The lowest BCUT2D eigenvalue weighted by Gasteiger charge is -2.34. The van der Waals surface area contributed by atoms with Crippen molar-refractivity contribution in [3.05, 3.63) is 0 Å². The summed E-state index contributed by atoms with van der Waals surface area (Å²) in [5, 5.41) is 12.3. The van der Waals surface area contributed by atoms with Gasteiger partial charge in [-0.15, -0.1) is 0 Å². The molecule has 16 heavy (non-hydrogen) atoms. The smallest absolute Gasteiger partial charge is 0.324 e. The number of rotatable bonds is 8. The molecule has 0 aromatic heterocycles. The molecule has 0 fully saturated rings. The summed E-state index contributed by atoms with van der Waals surface area (Å²) in [6, 6.07) is 0.456. The summed E-state index contributed by atoms with van der Waals surface area (Å²) in [6.07, 6.45) is 2.10. The molecule has 1 unspecified atom stereocenters. The van der Waals surface area contributed by atoms with Crippen LogP contribution in [0, 0.1) is 0 Å². The zero-order chi connectivity index (χ0) is 12.8. The van der Waals surface area contributed by atoms with Gasteiger partial charge < -0.3 is 15.3 Å². The first-order valence-corrected chi connectivity index (χ1v) is 6.09. The van der Waals surface area contributed by atoms with Gasteiger partial charge in [0.15, 0.2) is 0 Å². The fraction of sp³-hybridized carbons (Fsp3) is 0.917. The van der Waals surface area contributed by atoms with Crippen molar-refractivity contribution >= 4 is 5.97 Å². The Hall–Kier alpha value is -0.610. The van der Waals surface area contributed by atoms with E-state index in [9.17, 15) is 9.90 Å². The predicted octanol–water partition coefficient (Wildman–Crippen LogP) is 1.56. The lowest BCUT2D eigenvalue weighted by Crippen LogP contribution is -2.57. The summed E-state index contributed by atoms with van der Waals surface area (Å²) < 4.78 is 0. The summed E-state index contributed by atoms with van der Waals surface area (Å²) in [5.74, 6) is -0.785. The molecule has 0 aliphatic carbocycles. The average Bonchev–Trinajstić information content (AvgIpc) is 2.19. The van der Waals surface area contributed by atoms with E-state index in [0.717, 1.165) is 12.8 Å². The topological polar surface area (TPSA) is 52.6 Å². The Morgan fingerprint density at radius 2 is 1.88 bits per heavy atom. The van der Waals surface area contributed by atoms with E-state index < -0.39 is 11.5 Å². The molecule has 0 aromatic rings. The monoisotopic (exact) mass is 230 g/mol. The van der Waals surface area contributed by atoms with Gasteiger partial charge in [-0.1, -0.05) is 20.8 Å². The van der Waals surface area contributed by atoms with Crippen molar-refractivity contribution < 1.29 is 9.90 Å². The highest BCUT2D eigenvalue weighted by Gasteiger charge is 2.34. The van der Waals surface area contributed by atoms with Gasteiger partial charge in [-0.2, -0.15) is 0 Å². The molecule has 0 spiro atoms. The molecule has 2 N–H and O–H groups in total. The van der Waals surface area contributed by atoms with Crippen LogP contribution in [-0.4, -0.2) is 47.7 Å². The molecule has 0 saturated carbocycles. The van der Waals surface area contributed by atoms with Crippen LogP contribution in [0.4, 0.5) is 0 Å². The molecular weight excluding hydrogens is 204 g/mol. The number of aliphatic carboxylic acids is 1. The van der Waals surface area contributed by atoms with Gasteiger partial charge in [0.2, 0.25) is 0 Å². The number of hydrogen-bond acceptors (Lipinski definition) is 3. The maximum absolute atomic E-state index is 11.3. The number of nitrogens with one attached hydrogen (secondary N) is 1. The lowest BCUT2D eigenvalue weighted by atomic mass is 10.00. The number of hydrogen-bond donors (Lipinski definition) is 2. The van der Waals surface area contributed by atoms with Crippen LogP contribution < -0.4 is 5.32 Å². The zero-order valence-corrected chi connectivity index (χ0v) is 11.2. The lowest BCUT2D eigenvalue weighted by molar-refractivity contribution is -0.145. The third-order valence-electron chi connectivity index (χ3n) is 3.17. The molecule has 0 radical (unpaired) electrons. The Bertz CT molecular complexity index is 217. The molecule has 1 atom stereocenters. The Morgan fingerprint density at radius 1 is 1.38 bits per heavy atom. The SMILES string of the molecule is CCNC(C)(CN(C)C(CC)CC)C(=O)O. The predicted molar refractivity (Wildman–Crippen MR) is 66.7 cm³/mol. The minimum Gasteiger partial charge on any atom is -0.480 e. The maximum Gasteiger partial charge on any atom is 0.324 e. The average molecular weight is 230 g/mol. The number of likely N-dealkylation sites (N-methyl/N-ethyl adjacent to an activating group) is 2. The second-order valence-electron chi connectivity index (χ2n) is 4.55. The fourth-order valence-electron chi connectivity index (χ4n) is 2.13. The minimum absolute atomic E-state index is 0.456. The Kier molecular flexibility index (Phi) is 6.60. The van der Waals surface area contributed by atoms with Crippen LogP contribution in [0.5, 0.6) is 0 Å². The number of carbonyl (C=O) groups is 1. The minimum atomic E-state index is -0.855. The Morgan fingerprint density at radius 3 is 2.19 bits per heavy atom. The molecule has 0 rings (SSSR count). The van der Waals surface area contributed by atoms with Gasteiger partial charge in [0, 0.05) is 12.6 Å². The summed E-state index contributed by atoms with van der Waals surface area (Å²) in [7, 11) is 2.00. The van der Waals surface area contributed by atoms with E-state index >= 15 is 0 Å². The normalized spacial score (nSPS) is 15.4. The summed E-state index contributed by atoms with van der Waals surface area (Å²) in [4.78, 5) is 13.4. The van der Waals surface area contributed by atoms with Gasteiger partial charge in [0.05, 0.1) is 0 Å². The summed E-state index contributed by atoms with van der Waals surface area (Å²) in [5.41, 5.74) is -0.855. The molecule has 4 heteroatoms. The van der Waals surface area contributed by atoms with Gasteiger partial charge in [-0.05, 0) is 33.4 Å². The van der Waals surface area contributed by atoms with E-state index in [-0.39, 0.29) is 0 Å². The van der Waals surface area contributed by atoms with E-state index in [2.05, 4.69) is 24.1 Å². The third-order valence-corrected chi connectivity index (χ3v) is 3.17. The van der Waals surface area contributed by atoms with Crippen molar-refractivity contribution in [1.82, 2.24) is 10.2 Å². The first-order chi connectivity index (χ1) is 7.41. The van der Waals surface area contributed by atoms with Gasteiger partial charge in [-0.3, -0.25) is 4.79 Å². The van der Waals surface area contributed by atoms with E-state index in [1.807, 2.05) is 14.0 Å². The highest BCUT2D eigenvalue weighted by molar-refractivity contribution is 5.78. The maximum atomic E-state index is 11.3. The van der Waals surface area contributed by atoms with Crippen molar-refractivity contribution in [3.63, 3.8) is 0 Å². The number of carboxylic acids is 1. The van der Waals surface area contributed by atoms with Gasteiger partial charge in [0.1, 0.15) is 5.54 Å². The first kappa shape index (κ1) is 15.4. The molecule has 0 heterocycles.